The lowest BCUT2D eigenvalue weighted by Gasteiger charge is -2.18. The van der Waals surface area contributed by atoms with E-state index in [2.05, 4.69) is 40.3 Å². The van der Waals surface area contributed by atoms with Crippen LogP contribution < -0.4 is 5.32 Å². The Hall–Kier alpha value is -3.31. The van der Waals surface area contributed by atoms with Crippen LogP contribution in [0.15, 0.2) is 96.3 Å². The number of thioether (sulfide) groups is 1. The number of hydrogen-bond donors (Lipinski definition) is 1. The van der Waals surface area contributed by atoms with E-state index >= 15 is 0 Å². The maximum absolute atomic E-state index is 12.9. The highest BCUT2D eigenvalue weighted by Gasteiger charge is 2.19. The number of anilines is 1. The highest BCUT2D eigenvalue weighted by molar-refractivity contribution is 7.99. The number of nitrogens with zero attached hydrogens (tertiary/aromatic N) is 2. The van der Waals surface area contributed by atoms with Gasteiger partial charge in [0, 0.05) is 42.1 Å². The lowest BCUT2D eigenvalue weighted by Crippen LogP contribution is -2.16. The molecule has 2 heterocycles. The Balaban J connectivity index is 1.29. The average molecular weight is 426 g/mol. The zero-order valence-electron chi connectivity index (χ0n) is 17.1. The number of carbonyl (C=O) groups is 1. The fraction of sp³-hybridized carbons (Fsp3) is 0.154. The van der Waals surface area contributed by atoms with Crippen LogP contribution in [0.2, 0.25) is 0 Å². The minimum atomic E-state index is 0.00262. The van der Waals surface area contributed by atoms with Crippen molar-refractivity contribution in [3.63, 3.8) is 0 Å². The standard InChI is InChI=1S/C26H23N3OS/c30-25(17-23(19-7-3-1-4-8-19)20-9-5-2-6-10-20)27-22-13-11-21(12-14-22)24-18-29-15-16-31-26(29)28-24/h1-14,18,23H,15-17H2,(H,27,30). The van der Waals surface area contributed by atoms with E-state index in [9.17, 15) is 4.79 Å². The molecule has 1 aliphatic heterocycles. The van der Waals surface area contributed by atoms with E-state index in [0.717, 1.165) is 45.5 Å². The number of carbonyl (C=O) groups excluding carboxylic acids is 1. The van der Waals surface area contributed by atoms with Gasteiger partial charge < -0.3 is 9.88 Å². The van der Waals surface area contributed by atoms with Gasteiger partial charge in [0.25, 0.3) is 0 Å². The molecule has 0 atom stereocenters. The van der Waals surface area contributed by atoms with Crippen molar-refractivity contribution in [2.24, 2.45) is 0 Å². The molecule has 3 aromatic carbocycles. The summed E-state index contributed by atoms with van der Waals surface area (Å²) in [7, 11) is 0. The van der Waals surface area contributed by atoms with E-state index in [4.69, 9.17) is 4.98 Å². The Morgan fingerprint density at radius 1 is 0.935 bits per heavy atom. The maximum atomic E-state index is 12.9. The molecule has 0 bridgehead atoms. The van der Waals surface area contributed by atoms with Crippen LogP contribution >= 0.6 is 11.8 Å². The third kappa shape index (κ3) is 4.42. The van der Waals surface area contributed by atoms with Crippen LogP contribution in [0.1, 0.15) is 23.5 Å². The van der Waals surface area contributed by atoms with Crippen molar-refractivity contribution in [1.82, 2.24) is 9.55 Å². The summed E-state index contributed by atoms with van der Waals surface area (Å²) in [5.41, 5.74) is 5.13. The summed E-state index contributed by atoms with van der Waals surface area (Å²) >= 11 is 1.79. The largest absolute Gasteiger partial charge is 0.326 e. The summed E-state index contributed by atoms with van der Waals surface area (Å²) in [6.07, 6.45) is 2.49. The smallest absolute Gasteiger partial charge is 0.225 e. The normalized spacial score (nSPS) is 12.7. The number of aromatic nitrogens is 2. The molecule has 1 N–H and O–H groups in total. The molecule has 0 aliphatic carbocycles. The lowest BCUT2D eigenvalue weighted by atomic mass is 9.88. The predicted octanol–water partition coefficient (Wildman–Crippen LogP) is 5.82. The van der Waals surface area contributed by atoms with Crippen molar-refractivity contribution in [3.05, 3.63) is 102 Å². The number of fused-ring (bicyclic) bond motifs is 1. The maximum Gasteiger partial charge on any atom is 0.225 e. The van der Waals surface area contributed by atoms with E-state index < -0.39 is 0 Å². The van der Waals surface area contributed by atoms with E-state index in [-0.39, 0.29) is 11.8 Å². The Morgan fingerprint density at radius 2 is 1.58 bits per heavy atom. The van der Waals surface area contributed by atoms with Gasteiger partial charge in [-0.3, -0.25) is 4.79 Å². The fourth-order valence-electron chi connectivity index (χ4n) is 3.97. The number of hydrogen-bond acceptors (Lipinski definition) is 3. The van der Waals surface area contributed by atoms with Crippen LogP contribution in [0.5, 0.6) is 0 Å². The van der Waals surface area contributed by atoms with Crippen LogP contribution in [0.4, 0.5) is 5.69 Å². The first-order valence-corrected chi connectivity index (χ1v) is 11.4. The van der Waals surface area contributed by atoms with Crippen LogP contribution in [0, 0.1) is 0 Å². The van der Waals surface area contributed by atoms with Gasteiger partial charge in [-0.1, -0.05) is 84.6 Å². The lowest BCUT2D eigenvalue weighted by molar-refractivity contribution is -0.116. The fourth-order valence-corrected chi connectivity index (χ4v) is 4.91. The first-order valence-electron chi connectivity index (χ1n) is 10.5. The summed E-state index contributed by atoms with van der Waals surface area (Å²) in [5, 5.41) is 4.14. The minimum Gasteiger partial charge on any atom is -0.326 e. The van der Waals surface area contributed by atoms with Crippen molar-refractivity contribution in [2.75, 3.05) is 11.1 Å². The molecule has 0 saturated carbocycles. The second kappa shape index (κ2) is 8.82. The summed E-state index contributed by atoms with van der Waals surface area (Å²) in [4.78, 5) is 17.6. The summed E-state index contributed by atoms with van der Waals surface area (Å²) < 4.78 is 2.20. The highest BCUT2D eigenvalue weighted by Crippen LogP contribution is 2.30. The second-order valence-electron chi connectivity index (χ2n) is 7.65. The molecule has 4 aromatic rings. The monoisotopic (exact) mass is 425 g/mol. The number of nitrogens with one attached hydrogen (secondary N) is 1. The molecule has 0 spiro atoms. The van der Waals surface area contributed by atoms with E-state index in [1.807, 2.05) is 60.7 Å². The molecule has 0 fully saturated rings. The molecule has 5 heteroatoms. The van der Waals surface area contributed by atoms with Gasteiger partial charge >= 0.3 is 0 Å². The number of imidazole rings is 1. The molecule has 1 amide bonds. The number of amides is 1. The van der Waals surface area contributed by atoms with Crippen LogP contribution in [-0.4, -0.2) is 21.2 Å². The van der Waals surface area contributed by atoms with E-state index in [1.54, 1.807) is 11.8 Å². The van der Waals surface area contributed by atoms with Crippen molar-refractivity contribution >= 4 is 23.4 Å². The average Bonchev–Trinajstić information content (AvgIpc) is 3.42. The van der Waals surface area contributed by atoms with E-state index in [0.29, 0.717) is 6.42 Å². The summed E-state index contributed by atoms with van der Waals surface area (Å²) in [5.74, 6) is 1.12. The molecule has 31 heavy (non-hydrogen) atoms. The molecule has 0 saturated heterocycles. The van der Waals surface area contributed by atoms with Gasteiger partial charge in [0.05, 0.1) is 5.69 Å². The van der Waals surface area contributed by atoms with Gasteiger partial charge in [0.2, 0.25) is 5.91 Å². The van der Waals surface area contributed by atoms with Gasteiger partial charge in [-0.15, -0.1) is 0 Å². The molecule has 0 radical (unpaired) electrons. The molecule has 1 aliphatic rings. The number of rotatable bonds is 6. The molecule has 1 aromatic heterocycles. The second-order valence-corrected chi connectivity index (χ2v) is 8.72. The number of aryl methyl sites for hydroxylation is 1. The van der Waals surface area contributed by atoms with Crippen LogP contribution in [-0.2, 0) is 11.3 Å². The molecular weight excluding hydrogens is 402 g/mol. The van der Waals surface area contributed by atoms with Crippen LogP contribution in [0.25, 0.3) is 11.3 Å². The summed E-state index contributed by atoms with van der Waals surface area (Å²) in [6, 6.07) is 28.4. The molecular formula is C26H23N3OS. The van der Waals surface area contributed by atoms with Gasteiger partial charge in [0.15, 0.2) is 5.16 Å². The van der Waals surface area contributed by atoms with Crippen molar-refractivity contribution in [3.8, 4) is 11.3 Å². The Labute approximate surface area is 186 Å². The SMILES string of the molecule is O=C(CC(c1ccccc1)c1ccccc1)Nc1ccc(-c2cn3c(n2)SCC3)cc1. The summed E-state index contributed by atoms with van der Waals surface area (Å²) in [6.45, 7) is 1.02. The van der Waals surface area contributed by atoms with Gasteiger partial charge in [-0.25, -0.2) is 4.98 Å². The molecule has 154 valence electrons. The zero-order chi connectivity index (χ0) is 21.0. The van der Waals surface area contributed by atoms with E-state index in [1.165, 1.54) is 0 Å². The topological polar surface area (TPSA) is 46.9 Å². The number of benzene rings is 3. The van der Waals surface area contributed by atoms with Crippen molar-refractivity contribution < 1.29 is 4.79 Å². The molecule has 0 unspecified atom stereocenters. The zero-order valence-corrected chi connectivity index (χ0v) is 17.9. The first kappa shape index (κ1) is 19.6. The predicted molar refractivity (Wildman–Crippen MR) is 126 cm³/mol. The van der Waals surface area contributed by atoms with Gasteiger partial charge in [0.1, 0.15) is 0 Å². The third-order valence-corrected chi connectivity index (χ3v) is 6.53. The molecule has 4 nitrogen and oxygen atoms in total. The highest BCUT2D eigenvalue weighted by atomic mass is 32.2. The Morgan fingerprint density at radius 3 is 2.19 bits per heavy atom. The van der Waals surface area contributed by atoms with Crippen LogP contribution in [0.3, 0.4) is 0 Å². The minimum absolute atomic E-state index is 0.00262. The van der Waals surface area contributed by atoms with Crippen molar-refractivity contribution in [2.45, 2.75) is 24.0 Å². The Bertz CT molecular complexity index is 1110. The third-order valence-electron chi connectivity index (χ3n) is 5.56. The first-order chi connectivity index (χ1) is 15.3. The quantitative estimate of drug-likeness (QED) is 0.424. The Kier molecular flexibility index (Phi) is 5.59. The van der Waals surface area contributed by atoms with Crippen molar-refractivity contribution in [1.29, 1.82) is 0 Å². The van der Waals surface area contributed by atoms with Gasteiger partial charge in [-0.05, 0) is 23.3 Å². The molecule has 5 rings (SSSR count). The van der Waals surface area contributed by atoms with Gasteiger partial charge in [-0.2, -0.15) is 0 Å².